The zero-order chi connectivity index (χ0) is 13.0. The predicted octanol–water partition coefficient (Wildman–Crippen LogP) is 0.928. The van der Waals surface area contributed by atoms with Crippen LogP contribution in [0.25, 0.3) is 0 Å². The number of nitrogens with one attached hydrogen (secondary N) is 1. The van der Waals surface area contributed by atoms with Crippen molar-refractivity contribution >= 4 is 5.95 Å². The Bertz CT molecular complexity index is 365. The topological polar surface area (TPSA) is 67.1 Å². The lowest BCUT2D eigenvalue weighted by Gasteiger charge is -2.32. The molecule has 3 N–H and O–H groups in total. The first-order valence-electron chi connectivity index (χ1n) is 6.68. The lowest BCUT2D eigenvalue weighted by atomic mass is 10.1. The highest BCUT2D eigenvalue weighted by molar-refractivity contribution is 5.29. The molecular weight excluding hydrogens is 226 g/mol. The van der Waals surface area contributed by atoms with Crippen molar-refractivity contribution in [2.45, 2.75) is 32.7 Å². The average molecular weight is 249 g/mol. The minimum Gasteiger partial charge on any atom is -0.351 e. The second kappa shape index (κ2) is 6.11. The molecule has 1 aliphatic heterocycles. The lowest BCUT2D eigenvalue weighted by Crippen LogP contribution is -2.41. The monoisotopic (exact) mass is 249 g/mol. The zero-order valence-corrected chi connectivity index (χ0v) is 11.3. The van der Waals surface area contributed by atoms with Gasteiger partial charge in [-0.2, -0.15) is 0 Å². The highest BCUT2D eigenvalue weighted by Crippen LogP contribution is 2.14. The van der Waals surface area contributed by atoms with E-state index in [0.717, 1.165) is 56.4 Å². The Morgan fingerprint density at radius 1 is 1.28 bits per heavy atom. The molecule has 1 aliphatic rings. The number of likely N-dealkylation sites (tertiary alicyclic amines) is 1. The van der Waals surface area contributed by atoms with E-state index in [1.54, 1.807) is 0 Å². The molecule has 1 fully saturated rings. The average Bonchev–Trinajstić information content (AvgIpc) is 2.31. The van der Waals surface area contributed by atoms with Crippen molar-refractivity contribution in [1.82, 2.24) is 14.9 Å². The Balaban J connectivity index is 1.87. The number of nitrogens with two attached hydrogens (primary N) is 1. The van der Waals surface area contributed by atoms with E-state index in [-0.39, 0.29) is 0 Å². The molecule has 0 atom stereocenters. The Hall–Kier alpha value is -1.20. The molecule has 18 heavy (non-hydrogen) atoms. The van der Waals surface area contributed by atoms with Crippen LogP contribution in [0.4, 0.5) is 5.95 Å². The van der Waals surface area contributed by atoms with Gasteiger partial charge in [-0.3, -0.25) is 0 Å². The van der Waals surface area contributed by atoms with Gasteiger partial charge in [0.25, 0.3) is 0 Å². The van der Waals surface area contributed by atoms with Gasteiger partial charge in [-0.25, -0.2) is 9.97 Å². The molecule has 0 bridgehead atoms. The Morgan fingerprint density at radius 3 is 2.44 bits per heavy atom. The van der Waals surface area contributed by atoms with E-state index >= 15 is 0 Å². The maximum Gasteiger partial charge on any atom is 0.223 e. The molecular formula is C13H23N5. The molecule has 5 nitrogen and oxygen atoms in total. The van der Waals surface area contributed by atoms with Crippen LogP contribution >= 0.6 is 0 Å². The van der Waals surface area contributed by atoms with Crippen LogP contribution in [0.3, 0.4) is 0 Å². The van der Waals surface area contributed by atoms with Crippen molar-refractivity contribution in [3.05, 3.63) is 17.5 Å². The van der Waals surface area contributed by atoms with E-state index in [4.69, 9.17) is 5.73 Å². The molecule has 1 saturated heterocycles. The molecule has 2 heterocycles. The molecule has 0 aliphatic carbocycles. The smallest absolute Gasteiger partial charge is 0.223 e. The Morgan fingerprint density at radius 2 is 1.89 bits per heavy atom. The number of rotatable bonds is 4. The van der Waals surface area contributed by atoms with Crippen LogP contribution < -0.4 is 11.1 Å². The van der Waals surface area contributed by atoms with E-state index in [2.05, 4.69) is 20.2 Å². The Kier molecular flexibility index (Phi) is 4.49. The van der Waals surface area contributed by atoms with Crippen LogP contribution in [-0.4, -0.2) is 47.1 Å². The maximum absolute atomic E-state index is 5.57. The number of aryl methyl sites for hydroxylation is 2. The minimum atomic E-state index is 0.486. The van der Waals surface area contributed by atoms with Crippen molar-refractivity contribution in [2.75, 3.05) is 31.5 Å². The van der Waals surface area contributed by atoms with Crippen LogP contribution in [0.15, 0.2) is 6.07 Å². The molecule has 0 amide bonds. The van der Waals surface area contributed by atoms with Gasteiger partial charge in [0, 0.05) is 43.6 Å². The van der Waals surface area contributed by atoms with Gasteiger partial charge < -0.3 is 16.0 Å². The molecule has 0 unspecified atom stereocenters. The summed E-state index contributed by atoms with van der Waals surface area (Å²) >= 11 is 0. The third kappa shape index (κ3) is 3.65. The van der Waals surface area contributed by atoms with E-state index in [1.165, 1.54) is 0 Å². The highest BCUT2D eigenvalue weighted by Gasteiger charge is 2.19. The number of hydrogen-bond acceptors (Lipinski definition) is 5. The van der Waals surface area contributed by atoms with Crippen LogP contribution in [0.5, 0.6) is 0 Å². The fourth-order valence-corrected chi connectivity index (χ4v) is 2.46. The van der Waals surface area contributed by atoms with E-state index in [9.17, 15) is 0 Å². The molecule has 1 aromatic rings. The van der Waals surface area contributed by atoms with Gasteiger partial charge in [0.1, 0.15) is 0 Å². The summed E-state index contributed by atoms with van der Waals surface area (Å²) in [6.45, 7) is 7.98. The van der Waals surface area contributed by atoms with Crippen molar-refractivity contribution in [1.29, 1.82) is 0 Å². The molecule has 1 aromatic heterocycles. The zero-order valence-electron chi connectivity index (χ0n) is 11.3. The fraction of sp³-hybridized carbons (Fsp3) is 0.692. The number of aromatic nitrogens is 2. The van der Waals surface area contributed by atoms with Gasteiger partial charge in [0.05, 0.1) is 0 Å². The second-order valence-corrected chi connectivity index (χ2v) is 5.02. The number of nitrogens with zero attached hydrogens (tertiary/aromatic N) is 3. The highest BCUT2D eigenvalue weighted by atomic mass is 15.2. The first kappa shape index (κ1) is 13.2. The number of hydrogen-bond donors (Lipinski definition) is 2. The van der Waals surface area contributed by atoms with E-state index in [1.807, 2.05) is 19.9 Å². The number of anilines is 1. The molecule has 0 spiro atoms. The summed E-state index contributed by atoms with van der Waals surface area (Å²) in [5, 5.41) is 3.45. The van der Waals surface area contributed by atoms with Crippen molar-refractivity contribution in [3.8, 4) is 0 Å². The van der Waals surface area contributed by atoms with E-state index in [0.29, 0.717) is 6.04 Å². The summed E-state index contributed by atoms with van der Waals surface area (Å²) in [5.74, 6) is 0.768. The fourth-order valence-electron chi connectivity index (χ4n) is 2.46. The van der Waals surface area contributed by atoms with Gasteiger partial charge in [-0.05, 0) is 32.8 Å². The summed E-state index contributed by atoms with van der Waals surface area (Å²) in [6.07, 6.45) is 2.27. The van der Waals surface area contributed by atoms with Crippen molar-refractivity contribution in [2.24, 2.45) is 5.73 Å². The van der Waals surface area contributed by atoms with E-state index < -0.39 is 0 Å². The van der Waals surface area contributed by atoms with Gasteiger partial charge in [-0.1, -0.05) is 0 Å². The predicted molar refractivity (Wildman–Crippen MR) is 73.6 cm³/mol. The Labute approximate surface area is 109 Å². The molecule has 100 valence electrons. The quantitative estimate of drug-likeness (QED) is 0.831. The molecule has 5 heteroatoms. The van der Waals surface area contributed by atoms with Crippen LogP contribution in [0.1, 0.15) is 24.2 Å². The summed E-state index contributed by atoms with van der Waals surface area (Å²) in [7, 11) is 0. The van der Waals surface area contributed by atoms with Crippen molar-refractivity contribution in [3.63, 3.8) is 0 Å². The summed E-state index contributed by atoms with van der Waals surface area (Å²) in [6, 6.07) is 2.48. The van der Waals surface area contributed by atoms with Crippen LogP contribution in [0, 0.1) is 13.8 Å². The largest absolute Gasteiger partial charge is 0.351 e. The van der Waals surface area contributed by atoms with Crippen LogP contribution in [-0.2, 0) is 0 Å². The molecule has 0 aromatic carbocycles. The second-order valence-electron chi connectivity index (χ2n) is 5.02. The van der Waals surface area contributed by atoms with Gasteiger partial charge in [-0.15, -0.1) is 0 Å². The van der Waals surface area contributed by atoms with Gasteiger partial charge in [0.15, 0.2) is 0 Å². The summed E-state index contributed by atoms with van der Waals surface area (Å²) in [5.41, 5.74) is 7.61. The molecule has 2 rings (SSSR count). The maximum atomic E-state index is 5.57. The lowest BCUT2D eigenvalue weighted by molar-refractivity contribution is 0.224. The first-order valence-corrected chi connectivity index (χ1v) is 6.68. The normalized spacial score (nSPS) is 17.9. The third-order valence-corrected chi connectivity index (χ3v) is 3.35. The van der Waals surface area contributed by atoms with Gasteiger partial charge in [0.2, 0.25) is 5.95 Å². The minimum absolute atomic E-state index is 0.486. The molecule has 0 saturated carbocycles. The van der Waals surface area contributed by atoms with Gasteiger partial charge >= 0.3 is 0 Å². The molecule has 0 radical (unpaired) electrons. The first-order chi connectivity index (χ1) is 8.67. The van der Waals surface area contributed by atoms with Crippen molar-refractivity contribution < 1.29 is 0 Å². The third-order valence-electron chi connectivity index (χ3n) is 3.35. The standard InChI is InChI=1S/C13H23N5/c1-10-9-11(2)16-13(15-10)17-12-3-6-18(7-4-12)8-5-14/h9,12H,3-8,14H2,1-2H3,(H,15,16,17). The number of piperidine rings is 1. The summed E-state index contributed by atoms with van der Waals surface area (Å²) < 4.78 is 0. The van der Waals surface area contributed by atoms with Crippen LogP contribution in [0.2, 0.25) is 0 Å². The SMILES string of the molecule is Cc1cc(C)nc(NC2CCN(CCN)CC2)n1. The summed E-state index contributed by atoms with van der Waals surface area (Å²) in [4.78, 5) is 11.3.